The average molecular weight is 424 g/mol. The number of hydrogen-bond donors (Lipinski definition) is 1. The van der Waals surface area contributed by atoms with Gasteiger partial charge in [0.1, 0.15) is 0 Å². The van der Waals surface area contributed by atoms with Gasteiger partial charge in [0.25, 0.3) is 5.56 Å². The van der Waals surface area contributed by atoms with Crippen molar-refractivity contribution in [2.24, 2.45) is 0 Å². The number of carbonyl (C=O) groups is 1. The Morgan fingerprint density at radius 1 is 1.07 bits per heavy atom. The van der Waals surface area contributed by atoms with Crippen molar-refractivity contribution >= 4 is 34.3 Å². The number of anilines is 1. The molecule has 158 valence electrons. The number of amides is 1. The minimum atomic E-state index is -0.409. The van der Waals surface area contributed by atoms with Gasteiger partial charge in [-0.25, -0.2) is 4.98 Å². The third-order valence-electron chi connectivity index (χ3n) is 5.31. The van der Waals surface area contributed by atoms with Gasteiger partial charge in [-0.2, -0.15) is 0 Å². The Hall–Kier alpha value is -2.60. The summed E-state index contributed by atoms with van der Waals surface area (Å²) in [4.78, 5) is 30.6. The highest BCUT2D eigenvalue weighted by atomic mass is 32.2. The van der Waals surface area contributed by atoms with E-state index in [-0.39, 0.29) is 17.5 Å². The maximum atomic E-state index is 13.0. The van der Waals surface area contributed by atoms with E-state index in [4.69, 9.17) is 4.98 Å². The molecule has 0 aliphatic carbocycles. The van der Waals surface area contributed by atoms with Crippen LogP contribution in [0.3, 0.4) is 0 Å². The summed E-state index contributed by atoms with van der Waals surface area (Å²) >= 11 is 1.31. The summed E-state index contributed by atoms with van der Waals surface area (Å²) in [5, 5.41) is 3.82. The Balaban J connectivity index is 1.88. The van der Waals surface area contributed by atoms with Gasteiger partial charge in [0.2, 0.25) is 5.91 Å². The van der Waals surface area contributed by atoms with E-state index >= 15 is 0 Å². The SMILES string of the molecule is CC[C@@H](C)c1ccccc1NC(=O)[C@@H](C)Sc1nc2ccccc2c(=O)n1C(C)C. The predicted molar refractivity (Wildman–Crippen MR) is 125 cm³/mol. The predicted octanol–water partition coefficient (Wildman–Crippen LogP) is 5.61. The zero-order valence-electron chi connectivity index (χ0n) is 18.2. The molecule has 0 aliphatic rings. The molecule has 1 N–H and O–H groups in total. The highest BCUT2D eigenvalue weighted by Crippen LogP contribution is 2.29. The van der Waals surface area contributed by atoms with Crippen molar-refractivity contribution in [2.75, 3.05) is 5.32 Å². The van der Waals surface area contributed by atoms with Crippen molar-refractivity contribution in [3.63, 3.8) is 0 Å². The Morgan fingerprint density at radius 2 is 1.73 bits per heavy atom. The van der Waals surface area contributed by atoms with E-state index in [2.05, 4.69) is 25.2 Å². The van der Waals surface area contributed by atoms with Crippen LogP contribution >= 0.6 is 11.8 Å². The van der Waals surface area contributed by atoms with E-state index in [1.807, 2.05) is 57.2 Å². The molecule has 2 aromatic carbocycles. The number of fused-ring (bicyclic) bond motifs is 1. The summed E-state index contributed by atoms with van der Waals surface area (Å²) in [6.07, 6.45) is 0.999. The van der Waals surface area contributed by atoms with Crippen molar-refractivity contribution in [3.05, 3.63) is 64.4 Å². The van der Waals surface area contributed by atoms with E-state index in [9.17, 15) is 9.59 Å². The summed E-state index contributed by atoms with van der Waals surface area (Å²) < 4.78 is 1.67. The molecule has 2 atom stereocenters. The summed E-state index contributed by atoms with van der Waals surface area (Å²) in [6, 6.07) is 15.2. The normalized spacial score (nSPS) is 13.4. The minimum absolute atomic E-state index is 0.0569. The second-order valence-corrected chi connectivity index (χ2v) is 9.13. The molecule has 3 rings (SSSR count). The number of hydrogen-bond acceptors (Lipinski definition) is 4. The molecule has 0 saturated heterocycles. The second kappa shape index (κ2) is 9.47. The lowest BCUT2D eigenvalue weighted by Gasteiger charge is -2.20. The van der Waals surface area contributed by atoms with Gasteiger partial charge >= 0.3 is 0 Å². The zero-order chi connectivity index (χ0) is 21.8. The van der Waals surface area contributed by atoms with Crippen molar-refractivity contribution in [2.45, 2.75) is 63.4 Å². The zero-order valence-corrected chi connectivity index (χ0v) is 19.0. The van der Waals surface area contributed by atoms with Crippen LogP contribution in [-0.2, 0) is 4.79 Å². The van der Waals surface area contributed by atoms with Crippen molar-refractivity contribution < 1.29 is 4.79 Å². The van der Waals surface area contributed by atoms with Gasteiger partial charge < -0.3 is 5.32 Å². The molecular formula is C24H29N3O2S. The molecule has 30 heavy (non-hydrogen) atoms. The summed E-state index contributed by atoms with van der Waals surface area (Å²) in [5.41, 5.74) is 2.55. The summed E-state index contributed by atoms with van der Waals surface area (Å²) in [5.74, 6) is 0.256. The van der Waals surface area contributed by atoms with Crippen LogP contribution in [0.5, 0.6) is 0 Å². The third kappa shape index (κ3) is 4.59. The van der Waals surface area contributed by atoms with Crippen LogP contribution in [-0.4, -0.2) is 20.7 Å². The molecule has 1 aromatic heterocycles. The number of nitrogens with zero attached hydrogens (tertiary/aromatic N) is 2. The van der Waals surface area contributed by atoms with Crippen LogP contribution in [0.25, 0.3) is 10.9 Å². The molecule has 0 spiro atoms. The van der Waals surface area contributed by atoms with Crippen molar-refractivity contribution in [1.29, 1.82) is 0 Å². The average Bonchev–Trinajstić information content (AvgIpc) is 2.73. The topological polar surface area (TPSA) is 64.0 Å². The number of aromatic nitrogens is 2. The number of thioether (sulfide) groups is 1. The first kappa shape index (κ1) is 22.1. The fourth-order valence-electron chi connectivity index (χ4n) is 3.37. The molecule has 0 unspecified atom stereocenters. The third-order valence-corrected chi connectivity index (χ3v) is 6.37. The van der Waals surface area contributed by atoms with Crippen LogP contribution in [0.15, 0.2) is 58.5 Å². The lowest BCUT2D eigenvalue weighted by molar-refractivity contribution is -0.115. The number of para-hydroxylation sites is 2. The van der Waals surface area contributed by atoms with Crippen LogP contribution < -0.4 is 10.9 Å². The largest absolute Gasteiger partial charge is 0.325 e. The molecule has 5 nitrogen and oxygen atoms in total. The Kier molecular flexibility index (Phi) is 6.98. The summed E-state index contributed by atoms with van der Waals surface area (Å²) in [6.45, 7) is 10.0. The van der Waals surface area contributed by atoms with Crippen LogP contribution in [0.4, 0.5) is 5.69 Å². The number of benzene rings is 2. The van der Waals surface area contributed by atoms with Crippen molar-refractivity contribution in [1.82, 2.24) is 9.55 Å². The Morgan fingerprint density at radius 3 is 2.43 bits per heavy atom. The summed E-state index contributed by atoms with van der Waals surface area (Å²) in [7, 11) is 0. The first-order valence-corrected chi connectivity index (χ1v) is 11.3. The smallest absolute Gasteiger partial charge is 0.262 e. The maximum absolute atomic E-state index is 13.0. The maximum Gasteiger partial charge on any atom is 0.262 e. The van der Waals surface area contributed by atoms with Gasteiger partial charge in [0.15, 0.2) is 5.16 Å². The standard InChI is InChI=1S/C24H29N3O2S/c1-6-16(4)18-11-7-9-13-20(18)25-22(28)17(5)30-24-26-21-14-10-8-12-19(21)23(29)27(24)15(2)3/h7-17H,6H2,1-5H3,(H,25,28)/t16-,17-/m1/s1. The molecule has 1 heterocycles. The van der Waals surface area contributed by atoms with Gasteiger partial charge in [-0.05, 0) is 56.9 Å². The van der Waals surface area contributed by atoms with Crippen molar-refractivity contribution in [3.8, 4) is 0 Å². The van der Waals surface area contributed by atoms with E-state index in [1.165, 1.54) is 11.8 Å². The molecule has 0 radical (unpaired) electrons. The number of rotatable bonds is 7. The first-order chi connectivity index (χ1) is 14.3. The highest BCUT2D eigenvalue weighted by molar-refractivity contribution is 8.00. The van der Waals surface area contributed by atoms with E-state index < -0.39 is 5.25 Å². The van der Waals surface area contributed by atoms with Gasteiger partial charge in [-0.3, -0.25) is 14.2 Å². The van der Waals surface area contributed by atoms with Gasteiger partial charge in [0.05, 0.1) is 16.2 Å². The highest BCUT2D eigenvalue weighted by Gasteiger charge is 2.21. The lowest BCUT2D eigenvalue weighted by Crippen LogP contribution is -2.28. The van der Waals surface area contributed by atoms with Crippen LogP contribution in [0.1, 0.15) is 58.6 Å². The Bertz CT molecular complexity index is 1110. The molecule has 0 aliphatic heterocycles. The molecule has 0 fully saturated rings. The van der Waals surface area contributed by atoms with Gasteiger partial charge in [0, 0.05) is 11.7 Å². The molecule has 0 bridgehead atoms. The molecule has 1 amide bonds. The quantitative estimate of drug-likeness (QED) is 0.396. The number of carbonyl (C=O) groups excluding carboxylic acids is 1. The molecule has 3 aromatic rings. The monoisotopic (exact) mass is 423 g/mol. The van der Waals surface area contributed by atoms with E-state index in [0.29, 0.717) is 22.0 Å². The van der Waals surface area contributed by atoms with Crippen LogP contribution in [0, 0.1) is 0 Å². The fourth-order valence-corrected chi connectivity index (χ4v) is 4.41. The molecule has 0 saturated carbocycles. The van der Waals surface area contributed by atoms with E-state index in [1.54, 1.807) is 10.6 Å². The first-order valence-electron chi connectivity index (χ1n) is 10.4. The fraction of sp³-hybridized carbons (Fsp3) is 0.375. The lowest BCUT2D eigenvalue weighted by atomic mass is 9.97. The number of nitrogens with one attached hydrogen (secondary N) is 1. The second-order valence-electron chi connectivity index (χ2n) is 7.83. The van der Waals surface area contributed by atoms with Crippen LogP contribution in [0.2, 0.25) is 0 Å². The van der Waals surface area contributed by atoms with E-state index in [0.717, 1.165) is 17.7 Å². The Labute approximate surface area is 181 Å². The minimum Gasteiger partial charge on any atom is -0.325 e. The molecule has 6 heteroatoms. The van der Waals surface area contributed by atoms with Gasteiger partial charge in [-0.15, -0.1) is 0 Å². The molecular weight excluding hydrogens is 394 g/mol. The van der Waals surface area contributed by atoms with Gasteiger partial charge in [-0.1, -0.05) is 55.9 Å².